The van der Waals surface area contributed by atoms with Crippen LogP contribution in [0.4, 0.5) is 0 Å². The highest BCUT2D eigenvalue weighted by Gasteiger charge is 2.28. The first-order valence-electron chi connectivity index (χ1n) is 7.98. The fraction of sp³-hybridized carbons (Fsp3) is 0.0952. The SMILES string of the molecule is COc1cccc2c1-c1cccc3c1c(c1ccccc1[n+]3C)S2.[I-]. The highest BCUT2D eigenvalue weighted by atomic mass is 127. The number of nitrogens with zero attached hydrogens (tertiary/aromatic N) is 1. The van der Waals surface area contributed by atoms with E-state index in [1.54, 1.807) is 7.11 Å². The van der Waals surface area contributed by atoms with Crippen LogP contribution in [0.15, 0.2) is 70.5 Å². The van der Waals surface area contributed by atoms with Gasteiger partial charge in [0, 0.05) is 33.1 Å². The number of fused-ring (bicyclic) bond motifs is 4. The molecule has 0 unspecified atom stereocenters. The summed E-state index contributed by atoms with van der Waals surface area (Å²) in [6.45, 7) is 0. The Morgan fingerprint density at radius 1 is 0.880 bits per heavy atom. The number of hydrogen-bond donors (Lipinski definition) is 0. The fourth-order valence-corrected chi connectivity index (χ4v) is 5.02. The van der Waals surface area contributed by atoms with Crippen molar-refractivity contribution in [2.45, 2.75) is 9.79 Å². The maximum absolute atomic E-state index is 5.66. The molecule has 0 fully saturated rings. The third-order valence-electron chi connectivity index (χ3n) is 4.83. The van der Waals surface area contributed by atoms with Crippen LogP contribution in [-0.2, 0) is 7.05 Å². The molecule has 0 saturated heterocycles. The Morgan fingerprint density at radius 2 is 1.64 bits per heavy atom. The highest BCUT2D eigenvalue weighted by molar-refractivity contribution is 8.00. The van der Waals surface area contributed by atoms with Gasteiger partial charge in [0.05, 0.1) is 17.9 Å². The van der Waals surface area contributed by atoms with E-state index < -0.39 is 0 Å². The Labute approximate surface area is 167 Å². The number of benzene rings is 3. The van der Waals surface area contributed by atoms with Crippen molar-refractivity contribution >= 4 is 33.6 Å². The second-order valence-electron chi connectivity index (χ2n) is 6.04. The van der Waals surface area contributed by atoms with Gasteiger partial charge in [-0.15, -0.1) is 0 Å². The minimum absolute atomic E-state index is 0. The first-order chi connectivity index (χ1) is 11.8. The van der Waals surface area contributed by atoms with E-state index in [0.717, 1.165) is 5.75 Å². The number of aromatic nitrogens is 1. The van der Waals surface area contributed by atoms with Gasteiger partial charge in [0.15, 0.2) is 0 Å². The van der Waals surface area contributed by atoms with Crippen molar-refractivity contribution in [1.82, 2.24) is 0 Å². The molecule has 25 heavy (non-hydrogen) atoms. The Bertz CT molecular complexity index is 1140. The van der Waals surface area contributed by atoms with Crippen molar-refractivity contribution in [2.75, 3.05) is 7.11 Å². The minimum Gasteiger partial charge on any atom is -1.00 e. The van der Waals surface area contributed by atoms with E-state index >= 15 is 0 Å². The van der Waals surface area contributed by atoms with E-state index in [2.05, 4.69) is 66.2 Å². The molecule has 5 rings (SSSR count). The summed E-state index contributed by atoms with van der Waals surface area (Å²) in [5.41, 5.74) is 4.98. The molecular formula is C21H16INOS. The lowest BCUT2D eigenvalue weighted by Crippen LogP contribution is -3.00. The molecule has 2 heterocycles. The van der Waals surface area contributed by atoms with Gasteiger partial charge in [-0.3, -0.25) is 0 Å². The molecule has 0 bridgehead atoms. The number of methoxy groups -OCH3 is 1. The zero-order chi connectivity index (χ0) is 16.3. The molecule has 124 valence electrons. The second kappa shape index (κ2) is 6.18. The standard InChI is InChI=1S/C21H16NOS.HI/c1-22-15-9-4-3-7-13(15)21-19-14(8-5-10-16(19)22)20-17(23-2)11-6-12-18(20)24-21;/h3-12H,1-2H3;1H/q+1;/p-1. The Morgan fingerprint density at radius 3 is 2.48 bits per heavy atom. The van der Waals surface area contributed by atoms with Gasteiger partial charge in [-0.25, -0.2) is 0 Å². The smallest absolute Gasteiger partial charge is 0.214 e. The Balaban J connectivity index is 0.00000157. The molecular weight excluding hydrogens is 441 g/mol. The number of halogens is 1. The van der Waals surface area contributed by atoms with Crippen LogP contribution in [0.3, 0.4) is 0 Å². The molecule has 1 aromatic heterocycles. The quantitative estimate of drug-likeness (QED) is 0.217. The van der Waals surface area contributed by atoms with Crippen LogP contribution >= 0.6 is 11.8 Å². The summed E-state index contributed by atoms with van der Waals surface area (Å²) in [7, 11) is 3.89. The van der Waals surface area contributed by atoms with E-state index in [4.69, 9.17) is 4.74 Å². The summed E-state index contributed by atoms with van der Waals surface area (Å²) >= 11 is 1.85. The highest BCUT2D eigenvalue weighted by Crippen LogP contribution is 2.52. The van der Waals surface area contributed by atoms with Gasteiger partial charge >= 0.3 is 0 Å². The summed E-state index contributed by atoms with van der Waals surface area (Å²) in [4.78, 5) is 2.60. The third kappa shape index (κ3) is 2.27. The molecule has 0 atom stereocenters. The molecule has 3 aromatic carbocycles. The lowest BCUT2D eigenvalue weighted by atomic mass is 9.97. The van der Waals surface area contributed by atoms with E-state index in [-0.39, 0.29) is 24.0 Å². The van der Waals surface area contributed by atoms with E-state index in [1.165, 1.54) is 42.7 Å². The lowest BCUT2D eigenvalue weighted by molar-refractivity contribution is -0.617. The minimum atomic E-state index is 0. The average molecular weight is 457 g/mol. The lowest BCUT2D eigenvalue weighted by Gasteiger charge is -2.22. The van der Waals surface area contributed by atoms with Crippen LogP contribution in [0.5, 0.6) is 5.75 Å². The van der Waals surface area contributed by atoms with Gasteiger partial charge in [-0.1, -0.05) is 42.1 Å². The fourth-order valence-electron chi connectivity index (χ4n) is 3.74. The zero-order valence-electron chi connectivity index (χ0n) is 13.9. The normalized spacial score (nSPS) is 11.9. The third-order valence-corrected chi connectivity index (χ3v) is 6.02. The number of pyridine rings is 1. The molecule has 0 saturated carbocycles. The number of ether oxygens (including phenoxy) is 1. The molecule has 0 aliphatic carbocycles. The van der Waals surface area contributed by atoms with Crippen molar-refractivity contribution in [3.8, 4) is 16.9 Å². The van der Waals surface area contributed by atoms with Gasteiger partial charge in [0.25, 0.3) is 0 Å². The molecule has 0 radical (unpaired) electrons. The number of para-hydroxylation sites is 1. The maximum Gasteiger partial charge on any atom is 0.214 e. The van der Waals surface area contributed by atoms with Crippen molar-refractivity contribution in [1.29, 1.82) is 0 Å². The summed E-state index contributed by atoms with van der Waals surface area (Å²) in [6, 6.07) is 21.5. The molecule has 4 aromatic rings. The Hall–Kier alpha value is -1.79. The molecule has 4 heteroatoms. The molecule has 2 nitrogen and oxygen atoms in total. The monoisotopic (exact) mass is 457 g/mol. The van der Waals surface area contributed by atoms with Gasteiger partial charge in [-0.2, -0.15) is 4.57 Å². The van der Waals surface area contributed by atoms with Crippen molar-refractivity contribution < 1.29 is 33.3 Å². The molecule has 0 amide bonds. The van der Waals surface area contributed by atoms with Gasteiger partial charge in [0.1, 0.15) is 12.8 Å². The van der Waals surface area contributed by atoms with E-state index in [1.807, 2.05) is 17.8 Å². The first-order valence-corrected chi connectivity index (χ1v) is 8.80. The van der Waals surface area contributed by atoms with Gasteiger partial charge < -0.3 is 28.7 Å². The zero-order valence-corrected chi connectivity index (χ0v) is 16.9. The van der Waals surface area contributed by atoms with Crippen LogP contribution in [-0.4, -0.2) is 7.11 Å². The number of rotatable bonds is 1. The van der Waals surface area contributed by atoms with Gasteiger partial charge in [-0.05, 0) is 18.2 Å². The Kier molecular flexibility index (Phi) is 4.12. The van der Waals surface area contributed by atoms with E-state index in [0.29, 0.717) is 0 Å². The van der Waals surface area contributed by atoms with Crippen molar-refractivity contribution in [2.24, 2.45) is 7.05 Å². The number of aryl methyl sites for hydroxylation is 1. The van der Waals surface area contributed by atoms with Crippen LogP contribution < -0.4 is 33.3 Å². The van der Waals surface area contributed by atoms with Crippen LogP contribution in [0.25, 0.3) is 32.9 Å². The summed E-state index contributed by atoms with van der Waals surface area (Å²) < 4.78 is 7.95. The predicted molar refractivity (Wildman–Crippen MR) is 98.7 cm³/mol. The first kappa shape index (κ1) is 16.7. The molecule has 0 spiro atoms. The summed E-state index contributed by atoms with van der Waals surface area (Å²) in [5.74, 6) is 0.939. The second-order valence-corrected chi connectivity index (χ2v) is 7.09. The van der Waals surface area contributed by atoms with E-state index in [9.17, 15) is 0 Å². The van der Waals surface area contributed by atoms with Crippen LogP contribution in [0.2, 0.25) is 0 Å². The van der Waals surface area contributed by atoms with Crippen molar-refractivity contribution in [3.05, 3.63) is 60.7 Å². The summed E-state index contributed by atoms with van der Waals surface area (Å²) in [5, 5.41) is 2.62. The van der Waals surface area contributed by atoms with Crippen LogP contribution in [0.1, 0.15) is 0 Å². The molecule has 0 N–H and O–H groups in total. The maximum atomic E-state index is 5.66. The summed E-state index contributed by atoms with van der Waals surface area (Å²) in [6.07, 6.45) is 0. The van der Waals surface area contributed by atoms with Crippen LogP contribution in [0, 0.1) is 0 Å². The topological polar surface area (TPSA) is 13.1 Å². The molecule has 1 aliphatic heterocycles. The molecule has 1 aliphatic rings. The van der Waals surface area contributed by atoms with Crippen molar-refractivity contribution in [3.63, 3.8) is 0 Å². The number of hydrogen-bond acceptors (Lipinski definition) is 2. The average Bonchev–Trinajstić information content (AvgIpc) is 2.65. The largest absolute Gasteiger partial charge is 1.00 e. The predicted octanol–water partition coefficient (Wildman–Crippen LogP) is 1.96. The van der Waals surface area contributed by atoms with Gasteiger partial charge in [0.2, 0.25) is 11.0 Å².